The van der Waals surface area contributed by atoms with Crippen molar-refractivity contribution in [3.63, 3.8) is 0 Å². The molecule has 13 aliphatic heterocycles. The largest absolute Gasteiger partial charge is 0.449 e. The van der Waals surface area contributed by atoms with Gasteiger partial charge < -0.3 is 123 Å². The lowest BCUT2D eigenvalue weighted by Crippen LogP contribution is -2.55. The van der Waals surface area contributed by atoms with Crippen LogP contribution in [0.25, 0.3) is 0 Å². The van der Waals surface area contributed by atoms with E-state index in [1.54, 1.807) is 70.9 Å². The summed E-state index contributed by atoms with van der Waals surface area (Å²) < 4.78 is 46.8. The van der Waals surface area contributed by atoms with Crippen LogP contribution in [0.4, 0.5) is 19.2 Å². The number of allylic oxidation sites excluding steroid dienone is 8. The maximum atomic E-state index is 15.3. The number of Topliss-reactive ketones (excluding diaryl/α,β-unsaturated/α-hetero) is 8. The van der Waals surface area contributed by atoms with E-state index in [1.807, 2.05) is 19.6 Å². The van der Waals surface area contributed by atoms with Crippen LogP contribution in [0.1, 0.15) is 79.1 Å². The Labute approximate surface area is 682 Å². The molecule has 17 rings (SSSR count). The lowest BCUT2D eigenvalue weighted by atomic mass is 9.82. The monoisotopic (exact) mass is 1680 g/mol. The second-order valence-electron chi connectivity index (χ2n) is 32.6. The third-order valence-corrected chi connectivity index (χ3v) is 33.9. The van der Waals surface area contributed by atoms with Gasteiger partial charge in [-0.2, -0.15) is 0 Å². The molecule has 0 saturated carbocycles. The molecule has 13 heterocycles. The van der Waals surface area contributed by atoms with E-state index in [4.69, 9.17) is 60.8 Å². The molecule has 4 amide bonds. The van der Waals surface area contributed by atoms with Crippen LogP contribution in [-0.2, 0) is 76.3 Å². The van der Waals surface area contributed by atoms with Crippen molar-refractivity contribution < 1.29 is 95.4 Å². The summed E-state index contributed by atoms with van der Waals surface area (Å²) in [6.45, 7) is 7.40. The van der Waals surface area contributed by atoms with E-state index >= 15 is 19.2 Å². The molecule has 40 heteroatoms. The fraction of sp³-hybridized carbons (Fsp3) is 0.632. The summed E-state index contributed by atoms with van der Waals surface area (Å²) in [5, 5.41) is 26.3. The first-order valence-corrected chi connectivity index (χ1v) is 44.0. The van der Waals surface area contributed by atoms with Crippen molar-refractivity contribution in [2.75, 3.05) is 107 Å². The number of primary amides is 4. The van der Waals surface area contributed by atoms with Crippen molar-refractivity contribution in [3.05, 3.63) is 90.2 Å². The number of nitrogens with one attached hydrogen (secondary N) is 8. The van der Waals surface area contributed by atoms with Gasteiger partial charge in [-0.3, -0.25) is 38.4 Å². The molecule has 0 aromatic rings. The van der Waals surface area contributed by atoms with Crippen LogP contribution in [0.15, 0.2) is 90.2 Å². The Kier molecular flexibility index (Phi) is 20.7. The molecule has 17 aliphatic rings. The van der Waals surface area contributed by atoms with E-state index in [1.165, 1.54) is 28.4 Å². The predicted molar refractivity (Wildman–Crippen MR) is 418 cm³/mol. The van der Waals surface area contributed by atoms with Gasteiger partial charge in [-0.25, -0.2) is 19.2 Å². The minimum atomic E-state index is -1.21. The number of ether oxygens (including phenoxy) is 8. The van der Waals surface area contributed by atoms with Gasteiger partial charge in [0.15, 0.2) is 22.9 Å². The standard InChI is InChI=1S/C76H96N16O20S4/c1-29-49(61(97)45-37(25-109-69(77)101)73(105-5)65-41(85-65)21-89(73)53(45)57(29)93)81-17-33-13-9-10-14-35(19-83-51-31(3)59(95)55-47(63(51)99)39(27-111-71(79)103)75(107-7)67-43(87-67)23-91(55)75)115-116-36(20-84-52-32(4)60(96)56-48(64(52)100)40(28-112-72(80)104)76(108-8)68-44(88-68)24-92(56)76)16-12-11-15-34(114-113-33)18-82-50-30(2)58(94)54-46(62(50)98)38(26-110-70(78)102)74(106-6)66-42(86-66)22-90(54)74/h33-44,65-68,81-88H,9-28H2,1-8H3,(H2,77,101)(H2,78,102)(H2,79,103)(H2,80,104)/t33?,34?,35?,36?,37-,38-,39-,40-,41+,42+,43+,44+,65+,66+,67+,68+,73-,74-,75-,76-/m1/s1. The molecule has 9 fully saturated rings. The van der Waals surface area contributed by atoms with E-state index in [0.717, 1.165) is 0 Å². The number of nitrogens with two attached hydrogens (primary N) is 4. The quantitative estimate of drug-likeness (QED) is 0.0247. The Hall–Kier alpha value is -8.16. The molecule has 9 saturated heterocycles. The molecule has 20 atom stereocenters. The highest BCUT2D eigenvalue weighted by Crippen LogP contribution is 2.61. The zero-order valence-corrected chi connectivity index (χ0v) is 68.5. The molecule has 36 nitrogen and oxygen atoms in total. The van der Waals surface area contributed by atoms with Crippen LogP contribution in [0, 0.1) is 23.7 Å². The topological polar surface area (TPSA) is 532 Å². The smallest absolute Gasteiger partial charge is 0.404 e. The lowest BCUT2D eigenvalue weighted by molar-refractivity contribution is -0.137. The Morgan fingerprint density at radius 1 is 0.353 bits per heavy atom. The molecule has 4 aliphatic carbocycles. The molecular formula is C76H96N16O20S4. The average Bonchev–Trinajstić information content (AvgIpc) is 1.52. The maximum Gasteiger partial charge on any atom is 0.404 e. The summed E-state index contributed by atoms with van der Waals surface area (Å²) >= 11 is 0. The molecule has 0 aromatic heterocycles. The van der Waals surface area contributed by atoms with Crippen molar-refractivity contribution in [3.8, 4) is 0 Å². The predicted octanol–water partition coefficient (Wildman–Crippen LogP) is -0.669. The van der Waals surface area contributed by atoms with Gasteiger partial charge in [0.25, 0.3) is 0 Å². The van der Waals surface area contributed by atoms with E-state index in [9.17, 15) is 38.4 Å². The van der Waals surface area contributed by atoms with Crippen molar-refractivity contribution >= 4 is 114 Å². The van der Waals surface area contributed by atoms with E-state index in [0.29, 0.717) is 77.5 Å². The van der Waals surface area contributed by atoms with Gasteiger partial charge in [0.05, 0.1) is 93.4 Å². The zero-order valence-electron chi connectivity index (χ0n) is 65.3. The van der Waals surface area contributed by atoms with E-state index in [-0.39, 0.29) is 235 Å². The van der Waals surface area contributed by atoms with Gasteiger partial charge >= 0.3 is 24.4 Å². The molecular weight excluding hydrogens is 1590 g/mol. The summed E-state index contributed by atoms with van der Waals surface area (Å²) in [6, 6.07) is -1.18. The first kappa shape index (κ1) is 80.3. The number of carbonyl (C=O) groups excluding carboxylic acids is 12. The first-order chi connectivity index (χ1) is 55.6. The number of carbonyl (C=O) groups is 12. The number of rotatable bonds is 24. The molecule has 0 aromatic carbocycles. The lowest BCUT2D eigenvalue weighted by Gasteiger charge is -2.39. The molecule has 116 heavy (non-hydrogen) atoms. The van der Waals surface area contributed by atoms with Crippen LogP contribution >= 0.6 is 43.2 Å². The van der Waals surface area contributed by atoms with Crippen LogP contribution in [0.2, 0.25) is 0 Å². The Morgan fingerprint density at radius 2 is 0.552 bits per heavy atom. The third kappa shape index (κ3) is 12.3. The van der Waals surface area contributed by atoms with E-state index < -0.39 is 94.1 Å². The Morgan fingerprint density at radius 3 is 0.733 bits per heavy atom. The second kappa shape index (κ2) is 30.0. The van der Waals surface area contributed by atoms with Gasteiger partial charge in [-0.15, -0.1) is 0 Å². The minimum Gasteiger partial charge on any atom is -0.449 e. The number of methoxy groups -OCH3 is 4. The number of nitrogens with zero attached hydrogens (tertiary/aromatic N) is 4. The molecule has 0 bridgehead atoms. The van der Waals surface area contributed by atoms with Crippen LogP contribution < -0.4 is 65.5 Å². The highest BCUT2D eigenvalue weighted by molar-refractivity contribution is 8.77. The van der Waals surface area contributed by atoms with Gasteiger partial charge in [0, 0.05) is 171 Å². The van der Waals surface area contributed by atoms with Crippen molar-refractivity contribution in [2.24, 2.45) is 46.6 Å². The summed E-state index contributed by atoms with van der Waals surface area (Å²) in [6.07, 6.45) is 0.407. The molecule has 4 unspecified atom stereocenters. The first-order valence-electron chi connectivity index (χ1n) is 39.4. The summed E-state index contributed by atoms with van der Waals surface area (Å²) in [7, 11) is 12.3. The second-order valence-corrected chi connectivity index (χ2v) is 38.4. The molecule has 624 valence electrons. The van der Waals surface area contributed by atoms with Crippen molar-refractivity contribution in [2.45, 2.75) is 171 Å². The van der Waals surface area contributed by atoms with Crippen molar-refractivity contribution in [1.82, 2.24) is 62.1 Å². The molecule has 0 spiro atoms. The number of ketones is 8. The molecule has 16 N–H and O–H groups in total. The number of hydrogen-bond acceptors (Lipinski definition) is 36. The maximum absolute atomic E-state index is 15.3. The summed E-state index contributed by atoms with van der Waals surface area (Å²) in [5.41, 5.74) is 19.9. The highest BCUT2D eigenvalue weighted by atomic mass is 33.1. The average molecular weight is 1680 g/mol. The summed E-state index contributed by atoms with van der Waals surface area (Å²) in [4.78, 5) is 177. The fourth-order valence-corrected chi connectivity index (χ4v) is 27.6. The van der Waals surface area contributed by atoms with E-state index in [2.05, 4.69) is 42.5 Å². The van der Waals surface area contributed by atoms with Crippen molar-refractivity contribution in [1.29, 1.82) is 0 Å². The van der Waals surface area contributed by atoms with Gasteiger partial charge in [0.2, 0.25) is 46.3 Å². The van der Waals surface area contributed by atoms with Crippen LogP contribution in [-0.4, -0.2) is 290 Å². The minimum absolute atomic E-state index is 0.0256. The fourth-order valence-electron chi connectivity index (χ4n) is 21.4. The van der Waals surface area contributed by atoms with Gasteiger partial charge in [0.1, 0.15) is 26.4 Å². The SMILES string of the molecule is CO[C@@]12[C@H](COC(N)=O)C3=C(C(=O)C(C)=C(NCC4CCCCC(CNC5=C(C)C(=O)C6=C(C5=O)[C@@H](COC(N)=O)[C@@]5(OC)[C@H]7N[C@H]7CN65)SSC(CNC5=C(C)C(=O)C6=C(C5=O)[C@@H](COC(N)=O)[C@@]5(OC)[C@H]7N[C@H]7CN65)CCCCC(CNC5=C(C)C(=O)C6=C(C5=O)[C@@H](COC(N)=O)[C@@]5(OC)[C@H]7N[C@H]7CN65)SS4)C3=O)N1C[C@@H]1N[C@@H]12. The Balaban J connectivity index is 0.663. The molecule has 0 radical (unpaired) electrons. The number of hydrogen-bond donors (Lipinski definition) is 12. The normalized spacial score (nSPS) is 37.2. The highest BCUT2D eigenvalue weighted by Gasteiger charge is 2.77. The summed E-state index contributed by atoms with van der Waals surface area (Å²) in [5.74, 6) is -6.81. The van der Waals surface area contributed by atoms with Gasteiger partial charge in [-0.05, 0) is 53.4 Å². The zero-order chi connectivity index (χ0) is 82.0. The number of amides is 4. The number of fused-ring (bicyclic) bond motifs is 16. The van der Waals surface area contributed by atoms with Gasteiger partial charge in [-0.1, -0.05) is 68.9 Å². The van der Waals surface area contributed by atoms with Crippen LogP contribution in [0.5, 0.6) is 0 Å². The van der Waals surface area contributed by atoms with Crippen LogP contribution in [0.3, 0.4) is 0 Å². The third-order valence-electron chi connectivity index (χ3n) is 27.0. The Bertz CT molecular complexity index is 4110. The number of piperazine rings is 4.